The van der Waals surface area contributed by atoms with E-state index in [2.05, 4.69) is 26.7 Å². The van der Waals surface area contributed by atoms with Crippen LogP contribution in [0.4, 0.5) is 13.2 Å². The summed E-state index contributed by atoms with van der Waals surface area (Å²) in [6.45, 7) is -0.365. The SMILES string of the molecule is CN=C(NCCc1c[nH]c2ccccc12)NCc1ccccc1OCC(F)(F)F.I. The number of nitrogens with one attached hydrogen (secondary N) is 3. The first kappa shape index (κ1) is 23.8. The Kier molecular flexibility index (Phi) is 8.82. The summed E-state index contributed by atoms with van der Waals surface area (Å²) in [6.07, 6.45) is -1.58. The molecule has 0 spiro atoms. The number of alkyl halides is 3. The molecule has 162 valence electrons. The average Bonchev–Trinajstić information content (AvgIpc) is 3.12. The van der Waals surface area contributed by atoms with Crippen LogP contribution < -0.4 is 15.4 Å². The molecule has 0 amide bonds. The summed E-state index contributed by atoms with van der Waals surface area (Å²) in [4.78, 5) is 7.41. The summed E-state index contributed by atoms with van der Waals surface area (Å²) in [6, 6.07) is 14.7. The van der Waals surface area contributed by atoms with Crippen molar-refractivity contribution in [2.75, 3.05) is 20.2 Å². The van der Waals surface area contributed by atoms with Crippen LogP contribution in [0.1, 0.15) is 11.1 Å². The Labute approximate surface area is 190 Å². The van der Waals surface area contributed by atoms with Crippen molar-refractivity contribution in [3.8, 4) is 5.75 Å². The Morgan fingerprint density at radius 3 is 2.53 bits per heavy atom. The fourth-order valence-corrected chi connectivity index (χ4v) is 3.00. The van der Waals surface area contributed by atoms with Gasteiger partial charge < -0.3 is 20.4 Å². The Morgan fingerprint density at radius 1 is 1.03 bits per heavy atom. The summed E-state index contributed by atoms with van der Waals surface area (Å²) < 4.78 is 42.2. The van der Waals surface area contributed by atoms with Crippen LogP contribution in [0.15, 0.2) is 59.7 Å². The number of hydrogen-bond acceptors (Lipinski definition) is 2. The van der Waals surface area contributed by atoms with Crippen molar-refractivity contribution < 1.29 is 17.9 Å². The number of H-pyrrole nitrogens is 1. The standard InChI is InChI=1S/C21H23F3N4O.HI/c1-25-20(26-11-10-15-12-27-18-8-4-3-7-17(15)18)28-13-16-6-2-5-9-19(16)29-14-21(22,23)24;/h2-9,12,27H,10-11,13-14H2,1H3,(H2,25,26,28);1H. The van der Waals surface area contributed by atoms with Gasteiger partial charge >= 0.3 is 6.18 Å². The monoisotopic (exact) mass is 532 g/mol. The zero-order valence-electron chi connectivity index (χ0n) is 16.4. The minimum Gasteiger partial charge on any atom is -0.484 e. The van der Waals surface area contributed by atoms with E-state index in [9.17, 15) is 13.2 Å². The normalized spacial score (nSPS) is 11.8. The van der Waals surface area contributed by atoms with Gasteiger partial charge in [0.05, 0.1) is 0 Å². The van der Waals surface area contributed by atoms with Gasteiger partial charge in [0.1, 0.15) is 5.75 Å². The van der Waals surface area contributed by atoms with Crippen LogP contribution in [0.25, 0.3) is 10.9 Å². The lowest BCUT2D eigenvalue weighted by Gasteiger charge is -2.15. The molecule has 0 atom stereocenters. The molecule has 0 saturated carbocycles. The van der Waals surface area contributed by atoms with E-state index in [0.717, 1.165) is 11.9 Å². The van der Waals surface area contributed by atoms with Gasteiger partial charge in [-0.2, -0.15) is 13.2 Å². The molecule has 9 heteroatoms. The van der Waals surface area contributed by atoms with E-state index in [1.165, 1.54) is 17.0 Å². The highest BCUT2D eigenvalue weighted by Gasteiger charge is 2.28. The third kappa shape index (κ3) is 6.82. The van der Waals surface area contributed by atoms with Crippen LogP contribution in [0.3, 0.4) is 0 Å². The Bertz CT molecular complexity index is 972. The molecule has 0 aliphatic carbocycles. The molecule has 0 bridgehead atoms. The lowest BCUT2D eigenvalue weighted by molar-refractivity contribution is -0.153. The smallest absolute Gasteiger partial charge is 0.422 e. The summed E-state index contributed by atoms with van der Waals surface area (Å²) in [7, 11) is 1.65. The molecular formula is C21H24F3IN4O. The van der Waals surface area contributed by atoms with Gasteiger partial charge in [-0.05, 0) is 24.1 Å². The summed E-state index contributed by atoms with van der Waals surface area (Å²) >= 11 is 0. The third-order valence-corrected chi connectivity index (χ3v) is 4.40. The predicted molar refractivity (Wildman–Crippen MR) is 124 cm³/mol. The van der Waals surface area contributed by atoms with Crippen molar-refractivity contribution in [3.63, 3.8) is 0 Å². The van der Waals surface area contributed by atoms with Crippen molar-refractivity contribution in [1.29, 1.82) is 0 Å². The molecular weight excluding hydrogens is 508 g/mol. The molecule has 3 N–H and O–H groups in total. The summed E-state index contributed by atoms with van der Waals surface area (Å²) in [5.41, 5.74) is 2.92. The van der Waals surface area contributed by atoms with E-state index in [4.69, 9.17) is 4.74 Å². The van der Waals surface area contributed by atoms with Crippen LogP contribution in [0.2, 0.25) is 0 Å². The number of guanidine groups is 1. The number of fused-ring (bicyclic) bond motifs is 1. The van der Waals surface area contributed by atoms with E-state index in [1.54, 1.807) is 25.2 Å². The molecule has 0 radical (unpaired) electrons. The second-order valence-corrected chi connectivity index (χ2v) is 6.47. The maximum absolute atomic E-state index is 12.4. The van der Waals surface area contributed by atoms with Gasteiger partial charge in [0.2, 0.25) is 0 Å². The average molecular weight is 532 g/mol. The zero-order chi connectivity index (χ0) is 20.7. The number of ether oxygens (including phenoxy) is 1. The van der Waals surface area contributed by atoms with Crippen molar-refractivity contribution in [2.45, 2.75) is 19.1 Å². The maximum atomic E-state index is 12.4. The maximum Gasteiger partial charge on any atom is 0.422 e. The first-order valence-electron chi connectivity index (χ1n) is 9.23. The first-order chi connectivity index (χ1) is 14.0. The summed E-state index contributed by atoms with van der Waals surface area (Å²) in [5, 5.41) is 7.52. The number of aromatic amines is 1. The molecule has 30 heavy (non-hydrogen) atoms. The van der Waals surface area contributed by atoms with Crippen molar-refractivity contribution >= 4 is 40.8 Å². The number of nitrogens with zero attached hydrogens (tertiary/aromatic N) is 1. The quantitative estimate of drug-likeness (QED) is 0.236. The van der Waals surface area contributed by atoms with E-state index < -0.39 is 12.8 Å². The highest BCUT2D eigenvalue weighted by molar-refractivity contribution is 14.0. The van der Waals surface area contributed by atoms with Gasteiger partial charge in [0.15, 0.2) is 12.6 Å². The predicted octanol–water partition coefficient (Wildman–Crippen LogP) is 4.63. The van der Waals surface area contributed by atoms with Gasteiger partial charge in [-0.3, -0.25) is 4.99 Å². The highest BCUT2D eigenvalue weighted by Crippen LogP contribution is 2.22. The third-order valence-electron chi connectivity index (χ3n) is 4.40. The molecule has 3 aromatic rings. The van der Waals surface area contributed by atoms with Crippen LogP contribution in [0.5, 0.6) is 5.75 Å². The van der Waals surface area contributed by atoms with E-state index >= 15 is 0 Å². The molecule has 2 aromatic carbocycles. The molecule has 5 nitrogen and oxygen atoms in total. The first-order valence-corrected chi connectivity index (χ1v) is 9.23. The lowest BCUT2D eigenvalue weighted by Crippen LogP contribution is -2.38. The van der Waals surface area contributed by atoms with Crippen molar-refractivity contribution in [3.05, 3.63) is 65.9 Å². The Morgan fingerprint density at radius 2 is 1.77 bits per heavy atom. The molecule has 0 unspecified atom stereocenters. The molecule has 0 fully saturated rings. The van der Waals surface area contributed by atoms with Crippen molar-refractivity contribution in [2.24, 2.45) is 4.99 Å². The topological polar surface area (TPSA) is 61.4 Å². The van der Waals surface area contributed by atoms with Gasteiger partial charge in [0, 0.05) is 42.8 Å². The number of aromatic nitrogens is 1. The van der Waals surface area contributed by atoms with Crippen LogP contribution in [0, 0.1) is 0 Å². The second-order valence-electron chi connectivity index (χ2n) is 6.47. The number of para-hydroxylation sites is 2. The van der Waals surface area contributed by atoms with Gasteiger partial charge in [-0.25, -0.2) is 0 Å². The van der Waals surface area contributed by atoms with E-state index in [1.807, 2.05) is 24.4 Å². The molecule has 3 rings (SSSR count). The molecule has 1 aromatic heterocycles. The molecule has 0 aliphatic heterocycles. The van der Waals surface area contributed by atoms with Crippen LogP contribution >= 0.6 is 24.0 Å². The van der Waals surface area contributed by atoms with Crippen molar-refractivity contribution in [1.82, 2.24) is 15.6 Å². The minimum absolute atomic E-state index is 0. The van der Waals surface area contributed by atoms with Gasteiger partial charge in [0.25, 0.3) is 0 Å². The lowest BCUT2D eigenvalue weighted by atomic mass is 10.1. The molecule has 0 saturated heterocycles. The zero-order valence-corrected chi connectivity index (χ0v) is 18.8. The largest absolute Gasteiger partial charge is 0.484 e. The van der Waals surface area contributed by atoms with E-state index in [-0.39, 0.29) is 29.7 Å². The number of aliphatic imine (C=N–C) groups is 1. The fraction of sp³-hybridized carbons (Fsp3) is 0.286. The van der Waals surface area contributed by atoms with Crippen LogP contribution in [-0.2, 0) is 13.0 Å². The van der Waals surface area contributed by atoms with Gasteiger partial charge in [-0.1, -0.05) is 36.4 Å². The number of halogens is 4. The van der Waals surface area contributed by atoms with Crippen LogP contribution in [-0.4, -0.2) is 37.3 Å². The minimum atomic E-state index is -4.37. The van der Waals surface area contributed by atoms with Gasteiger partial charge in [-0.15, -0.1) is 24.0 Å². The molecule has 1 heterocycles. The number of hydrogen-bond donors (Lipinski definition) is 3. The molecule has 0 aliphatic rings. The Hall–Kier alpha value is -2.43. The Balaban J connectivity index is 0.00000320. The highest BCUT2D eigenvalue weighted by atomic mass is 127. The van der Waals surface area contributed by atoms with E-state index in [0.29, 0.717) is 24.6 Å². The second kappa shape index (κ2) is 11.1. The number of benzene rings is 2. The fourth-order valence-electron chi connectivity index (χ4n) is 3.00. The number of rotatable bonds is 7. The summed E-state index contributed by atoms with van der Waals surface area (Å²) in [5.74, 6) is 0.766.